The van der Waals surface area contributed by atoms with Gasteiger partial charge in [0, 0.05) is 52.7 Å². The molecule has 222 valence electrons. The fourth-order valence-corrected chi connectivity index (χ4v) is 5.69. The standard InChI is InChI=1S/C29H46N6O5/c1-4-31(2)29(38)30-35-22-34(27(21-36)33-14-17-39-18-15-33)20-23-19-25(12-13-26(23)35)40-16-8-11-28(37)32(3)24-9-6-5-7-10-24/h12-13,19,21,24,27H,4-11,14-18,20,22H2,1-3H3,(H,30,38). The minimum Gasteiger partial charge on any atom is -0.494 e. The number of rotatable bonds is 11. The Hall–Kier alpha value is -2.89. The first-order valence-corrected chi connectivity index (χ1v) is 14.7. The van der Waals surface area contributed by atoms with Gasteiger partial charge in [-0.15, -0.1) is 0 Å². The Labute approximate surface area is 238 Å². The first-order valence-electron chi connectivity index (χ1n) is 14.7. The summed E-state index contributed by atoms with van der Waals surface area (Å²) in [5.74, 6) is 0.891. The number of carbonyl (C=O) groups is 3. The molecule has 40 heavy (non-hydrogen) atoms. The predicted molar refractivity (Wildman–Crippen MR) is 153 cm³/mol. The largest absolute Gasteiger partial charge is 0.494 e. The summed E-state index contributed by atoms with van der Waals surface area (Å²) in [7, 11) is 3.68. The lowest BCUT2D eigenvalue weighted by molar-refractivity contribution is -0.132. The molecule has 1 unspecified atom stereocenters. The molecule has 1 saturated carbocycles. The number of hydrogen-bond donors (Lipinski definition) is 1. The van der Waals surface area contributed by atoms with Crippen molar-refractivity contribution in [3.63, 3.8) is 0 Å². The van der Waals surface area contributed by atoms with Crippen LogP contribution in [0.5, 0.6) is 5.75 Å². The number of ether oxygens (including phenoxy) is 2. The number of nitrogens with one attached hydrogen (secondary N) is 1. The van der Waals surface area contributed by atoms with Gasteiger partial charge in [-0.1, -0.05) is 19.3 Å². The van der Waals surface area contributed by atoms with Crippen LogP contribution in [-0.4, -0.2) is 110 Å². The number of fused-ring (bicyclic) bond motifs is 1. The SMILES string of the molecule is CCN(C)C(=O)NN1CN(C(C=O)N2CCOCC2)Cc2cc(OCCCC(=O)N(C)C3CCCCC3)ccc21. The van der Waals surface area contributed by atoms with Gasteiger partial charge in [-0.25, -0.2) is 10.2 Å². The molecule has 1 aliphatic carbocycles. The normalized spacial score (nSPS) is 19.4. The van der Waals surface area contributed by atoms with Crippen LogP contribution in [0.2, 0.25) is 0 Å². The lowest BCUT2D eigenvalue weighted by atomic mass is 9.94. The molecule has 0 radical (unpaired) electrons. The number of amides is 3. The van der Waals surface area contributed by atoms with Crippen LogP contribution in [0.1, 0.15) is 57.4 Å². The monoisotopic (exact) mass is 558 g/mol. The molecule has 11 nitrogen and oxygen atoms in total. The van der Waals surface area contributed by atoms with Gasteiger partial charge in [0.2, 0.25) is 5.91 Å². The quantitative estimate of drug-likeness (QED) is 0.327. The summed E-state index contributed by atoms with van der Waals surface area (Å²) < 4.78 is 11.5. The van der Waals surface area contributed by atoms with Crippen LogP contribution in [0, 0.1) is 0 Å². The van der Waals surface area contributed by atoms with Crippen molar-refractivity contribution in [2.45, 2.75) is 70.6 Å². The number of morpholine rings is 1. The van der Waals surface area contributed by atoms with E-state index in [1.807, 2.05) is 37.1 Å². The van der Waals surface area contributed by atoms with Crippen molar-refractivity contribution in [2.24, 2.45) is 0 Å². The molecule has 1 N–H and O–H groups in total. The molecule has 3 aliphatic rings. The third kappa shape index (κ3) is 7.64. The molecule has 0 bridgehead atoms. The van der Waals surface area contributed by atoms with Gasteiger partial charge in [0.15, 0.2) is 6.29 Å². The van der Waals surface area contributed by atoms with Crippen molar-refractivity contribution in [3.05, 3.63) is 23.8 Å². The van der Waals surface area contributed by atoms with Crippen LogP contribution in [0.15, 0.2) is 18.2 Å². The summed E-state index contributed by atoms with van der Waals surface area (Å²) in [6.45, 7) is 6.38. The van der Waals surface area contributed by atoms with E-state index >= 15 is 0 Å². The van der Waals surface area contributed by atoms with Crippen LogP contribution >= 0.6 is 0 Å². The Bertz CT molecular complexity index is 997. The van der Waals surface area contributed by atoms with E-state index in [0.717, 1.165) is 30.4 Å². The summed E-state index contributed by atoms with van der Waals surface area (Å²) >= 11 is 0. The van der Waals surface area contributed by atoms with Crippen molar-refractivity contribution < 1.29 is 23.9 Å². The highest BCUT2D eigenvalue weighted by Gasteiger charge is 2.33. The van der Waals surface area contributed by atoms with E-state index in [0.29, 0.717) is 77.3 Å². The Balaban J connectivity index is 1.40. The Morgan fingerprint density at radius 2 is 1.90 bits per heavy atom. The lowest BCUT2D eigenvalue weighted by Gasteiger charge is -2.44. The average molecular weight is 559 g/mol. The van der Waals surface area contributed by atoms with Crippen LogP contribution in [-0.2, 0) is 20.9 Å². The molecule has 1 saturated heterocycles. The Morgan fingerprint density at radius 1 is 1.15 bits per heavy atom. The van der Waals surface area contributed by atoms with Gasteiger partial charge >= 0.3 is 6.03 Å². The van der Waals surface area contributed by atoms with E-state index in [4.69, 9.17) is 9.47 Å². The molecular weight excluding hydrogens is 512 g/mol. The first kappa shape index (κ1) is 30.1. The molecule has 2 heterocycles. The maximum Gasteiger partial charge on any atom is 0.335 e. The van der Waals surface area contributed by atoms with Crippen LogP contribution in [0.4, 0.5) is 10.5 Å². The molecule has 1 atom stereocenters. The van der Waals surface area contributed by atoms with E-state index < -0.39 is 6.17 Å². The van der Waals surface area contributed by atoms with Gasteiger partial charge in [-0.3, -0.25) is 19.6 Å². The van der Waals surface area contributed by atoms with Gasteiger partial charge in [0.25, 0.3) is 0 Å². The summed E-state index contributed by atoms with van der Waals surface area (Å²) in [5, 5.41) is 1.80. The second-order valence-electron chi connectivity index (χ2n) is 11.0. The zero-order valence-electron chi connectivity index (χ0n) is 24.3. The highest BCUT2D eigenvalue weighted by Crippen LogP contribution is 2.31. The molecule has 4 rings (SSSR count). The van der Waals surface area contributed by atoms with E-state index in [1.165, 1.54) is 19.3 Å². The lowest BCUT2D eigenvalue weighted by Crippen LogP contribution is -2.60. The molecule has 3 amide bonds. The van der Waals surface area contributed by atoms with Gasteiger partial charge < -0.3 is 24.1 Å². The van der Waals surface area contributed by atoms with E-state index in [2.05, 4.69) is 15.2 Å². The number of anilines is 1. The fraction of sp³-hybridized carbons (Fsp3) is 0.690. The van der Waals surface area contributed by atoms with Gasteiger partial charge in [-0.2, -0.15) is 0 Å². The van der Waals surface area contributed by atoms with Crippen LogP contribution in [0.3, 0.4) is 0 Å². The molecule has 2 aliphatic heterocycles. The smallest absolute Gasteiger partial charge is 0.335 e. The second kappa shape index (κ2) is 14.7. The molecule has 1 aromatic carbocycles. The average Bonchev–Trinajstić information content (AvgIpc) is 2.99. The number of carbonyl (C=O) groups excluding carboxylic acids is 3. The molecule has 11 heteroatoms. The molecule has 0 aromatic heterocycles. The van der Waals surface area contributed by atoms with Crippen LogP contribution < -0.4 is 15.2 Å². The summed E-state index contributed by atoms with van der Waals surface area (Å²) in [6, 6.07) is 5.97. The van der Waals surface area contributed by atoms with Crippen molar-refractivity contribution in [2.75, 3.05) is 65.2 Å². The maximum atomic E-state index is 12.7. The van der Waals surface area contributed by atoms with Crippen LogP contribution in [0.25, 0.3) is 0 Å². The number of hydrazine groups is 1. The maximum absolute atomic E-state index is 12.7. The Kier molecular flexibility index (Phi) is 11.0. The fourth-order valence-electron chi connectivity index (χ4n) is 5.69. The first-order chi connectivity index (χ1) is 19.4. The zero-order chi connectivity index (χ0) is 28.5. The highest BCUT2D eigenvalue weighted by atomic mass is 16.5. The molecule has 1 aromatic rings. The van der Waals surface area contributed by atoms with Gasteiger partial charge in [-0.05, 0) is 49.9 Å². The highest BCUT2D eigenvalue weighted by molar-refractivity contribution is 5.77. The number of hydrogen-bond acceptors (Lipinski definition) is 8. The second-order valence-corrected chi connectivity index (χ2v) is 11.0. The Morgan fingerprint density at radius 3 is 2.60 bits per heavy atom. The van der Waals surface area contributed by atoms with Crippen molar-refractivity contribution in [3.8, 4) is 5.75 Å². The van der Waals surface area contributed by atoms with Gasteiger partial charge in [0.1, 0.15) is 11.9 Å². The third-order valence-corrected chi connectivity index (χ3v) is 8.33. The summed E-state index contributed by atoms with van der Waals surface area (Å²) in [6.07, 6.45) is 7.55. The van der Waals surface area contributed by atoms with E-state index in [9.17, 15) is 14.4 Å². The third-order valence-electron chi connectivity index (χ3n) is 8.33. The van der Waals surface area contributed by atoms with E-state index in [1.54, 1.807) is 17.0 Å². The topological polar surface area (TPSA) is 97.9 Å². The van der Waals surface area contributed by atoms with Crippen molar-refractivity contribution >= 4 is 23.9 Å². The number of aldehydes is 1. The zero-order valence-corrected chi connectivity index (χ0v) is 24.3. The summed E-state index contributed by atoms with van der Waals surface area (Å²) in [5.41, 5.74) is 4.82. The van der Waals surface area contributed by atoms with Crippen molar-refractivity contribution in [1.29, 1.82) is 0 Å². The number of nitrogens with zero attached hydrogens (tertiary/aromatic N) is 5. The minimum atomic E-state index is -0.433. The van der Waals surface area contributed by atoms with Gasteiger partial charge in [0.05, 0.1) is 32.2 Å². The number of urea groups is 1. The molecular formula is C29H46N6O5. The molecule has 2 fully saturated rings. The number of benzene rings is 1. The molecule has 0 spiro atoms. The van der Waals surface area contributed by atoms with E-state index in [-0.39, 0.29) is 11.9 Å². The van der Waals surface area contributed by atoms with Crippen molar-refractivity contribution in [1.82, 2.24) is 25.0 Å². The summed E-state index contributed by atoms with van der Waals surface area (Å²) in [4.78, 5) is 45.4. The minimum absolute atomic E-state index is 0.183. The predicted octanol–water partition coefficient (Wildman–Crippen LogP) is 2.65.